The second kappa shape index (κ2) is 8.33. The molecule has 4 rings (SSSR count). The molecule has 2 aromatic carbocycles. The lowest BCUT2D eigenvalue weighted by Gasteiger charge is -2.27. The van der Waals surface area contributed by atoms with Gasteiger partial charge >= 0.3 is 0 Å². The number of carbonyl (C=O) groups is 1. The molecule has 2 heterocycles. The number of nitrogens with zero attached hydrogens (tertiary/aromatic N) is 3. The molecule has 0 aliphatic carbocycles. The number of hydrogen-bond acceptors (Lipinski definition) is 6. The van der Waals surface area contributed by atoms with Gasteiger partial charge in [-0.15, -0.1) is 0 Å². The quantitative estimate of drug-likeness (QED) is 0.582. The second-order valence-corrected chi connectivity index (χ2v) is 10.2. The highest BCUT2D eigenvalue weighted by molar-refractivity contribution is 7.88. The minimum atomic E-state index is -3.47. The van der Waals surface area contributed by atoms with E-state index in [1.165, 1.54) is 15.6 Å². The third kappa shape index (κ3) is 4.19. The van der Waals surface area contributed by atoms with Crippen molar-refractivity contribution in [1.29, 1.82) is 0 Å². The third-order valence-corrected chi connectivity index (χ3v) is 7.51. The van der Waals surface area contributed by atoms with Crippen molar-refractivity contribution in [3.8, 4) is 5.75 Å². The number of carbonyl (C=O) groups excluding carboxylic acids is 1. The SMILES string of the molecule is COc1ccc2nc(N(Cc3ccccc3)C(=O)C3CCCN3S(C)(=O)=O)sc2c1. The van der Waals surface area contributed by atoms with Gasteiger partial charge in [0.2, 0.25) is 15.9 Å². The minimum absolute atomic E-state index is 0.243. The summed E-state index contributed by atoms with van der Waals surface area (Å²) in [4.78, 5) is 19.8. The van der Waals surface area contributed by atoms with Gasteiger partial charge in [0.05, 0.1) is 30.1 Å². The molecule has 0 radical (unpaired) electrons. The second-order valence-electron chi connectivity index (χ2n) is 7.27. The van der Waals surface area contributed by atoms with Crippen molar-refractivity contribution in [3.05, 3.63) is 54.1 Å². The Kier molecular flexibility index (Phi) is 5.77. The number of thiazole rings is 1. The lowest BCUT2D eigenvalue weighted by atomic mass is 10.1. The zero-order valence-corrected chi connectivity index (χ0v) is 18.4. The normalized spacial score (nSPS) is 17.3. The maximum Gasteiger partial charge on any atom is 0.247 e. The number of sulfonamides is 1. The summed E-state index contributed by atoms with van der Waals surface area (Å²) in [7, 11) is -1.86. The van der Waals surface area contributed by atoms with E-state index in [2.05, 4.69) is 4.98 Å². The fourth-order valence-electron chi connectivity index (χ4n) is 3.70. The van der Waals surface area contributed by atoms with Crippen LogP contribution in [0.3, 0.4) is 0 Å². The molecule has 30 heavy (non-hydrogen) atoms. The molecule has 1 aliphatic rings. The van der Waals surface area contributed by atoms with Crippen LogP contribution in [-0.2, 0) is 21.4 Å². The lowest BCUT2D eigenvalue weighted by Crippen LogP contribution is -2.47. The van der Waals surface area contributed by atoms with Crippen LogP contribution in [0.5, 0.6) is 5.75 Å². The van der Waals surface area contributed by atoms with Crippen LogP contribution < -0.4 is 9.64 Å². The van der Waals surface area contributed by atoms with Crippen LogP contribution in [0.4, 0.5) is 5.13 Å². The predicted octanol–water partition coefficient (Wildman–Crippen LogP) is 3.26. The summed E-state index contributed by atoms with van der Waals surface area (Å²) in [5, 5.41) is 0.549. The topological polar surface area (TPSA) is 79.8 Å². The van der Waals surface area contributed by atoms with Gasteiger partial charge in [-0.3, -0.25) is 9.69 Å². The summed E-state index contributed by atoms with van der Waals surface area (Å²) >= 11 is 1.40. The van der Waals surface area contributed by atoms with Gasteiger partial charge in [0.15, 0.2) is 5.13 Å². The number of methoxy groups -OCH3 is 1. The number of ether oxygens (including phenoxy) is 1. The average Bonchev–Trinajstić information content (AvgIpc) is 3.38. The van der Waals surface area contributed by atoms with Crippen molar-refractivity contribution in [2.45, 2.75) is 25.4 Å². The van der Waals surface area contributed by atoms with Gasteiger partial charge in [-0.1, -0.05) is 41.7 Å². The van der Waals surface area contributed by atoms with Crippen molar-refractivity contribution in [3.63, 3.8) is 0 Å². The molecule has 0 saturated carbocycles. The van der Waals surface area contributed by atoms with Crippen LogP contribution in [0.2, 0.25) is 0 Å². The molecule has 0 spiro atoms. The summed E-state index contributed by atoms with van der Waals surface area (Å²) in [6.45, 7) is 0.691. The number of anilines is 1. The molecule has 1 atom stereocenters. The Hall–Kier alpha value is -2.49. The minimum Gasteiger partial charge on any atom is -0.497 e. The fourth-order valence-corrected chi connectivity index (χ4v) is 5.82. The van der Waals surface area contributed by atoms with Gasteiger partial charge in [0.1, 0.15) is 11.8 Å². The monoisotopic (exact) mass is 445 g/mol. The molecular weight excluding hydrogens is 422 g/mol. The number of benzene rings is 2. The van der Waals surface area contributed by atoms with E-state index in [0.717, 1.165) is 27.8 Å². The number of rotatable bonds is 6. The third-order valence-electron chi connectivity index (χ3n) is 5.18. The molecule has 1 aromatic heterocycles. The Morgan fingerprint density at radius 1 is 1.27 bits per heavy atom. The first-order chi connectivity index (χ1) is 14.4. The number of amides is 1. The highest BCUT2D eigenvalue weighted by atomic mass is 32.2. The molecule has 158 valence electrons. The van der Waals surface area contributed by atoms with Crippen molar-refractivity contribution >= 4 is 42.6 Å². The van der Waals surface area contributed by atoms with Crippen LogP contribution in [-0.4, -0.2) is 49.6 Å². The van der Waals surface area contributed by atoms with Crippen molar-refractivity contribution in [2.24, 2.45) is 0 Å². The van der Waals surface area contributed by atoms with Gasteiger partial charge in [0.25, 0.3) is 0 Å². The Morgan fingerprint density at radius 2 is 2.03 bits per heavy atom. The van der Waals surface area contributed by atoms with E-state index in [9.17, 15) is 13.2 Å². The van der Waals surface area contributed by atoms with Crippen LogP contribution in [0, 0.1) is 0 Å². The first-order valence-electron chi connectivity index (χ1n) is 9.63. The maximum atomic E-state index is 13.6. The smallest absolute Gasteiger partial charge is 0.247 e. The van der Waals surface area contributed by atoms with Crippen LogP contribution in [0.25, 0.3) is 10.2 Å². The van der Waals surface area contributed by atoms with Gasteiger partial charge in [-0.25, -0.2) is 13.4 Å². The predicted molar refractivity (Wildman–Crippen MR) is 118 cm³/mol. The highest BCUT2D eigenvalue weighted by Gasteiger charge is 2.39. The van der Waals surface area contributed by atoms with Crippen molar-refractivity contribution in [2.75, 3.05) is 24.8 Å². The molecule has 1 saturated heterocycles. The van der Waals surface area contributed by atoms with Crippen molar-refractivity contribution in [1.82, 2.24) is 9.29 Å². The van der Waals surface area contributed by atoms with E-state index in [-0.39, 0.29) is 5.91 Å². The fraction of sp³-hybridized carbons (Fsp3) is 0.333. The molecular formula is C21H23N3O4S2. The number of hydrogen-bond donors (Lipinski definition) is 0. The van der Waals surface area contributed by atoms with Crippen LogP contribution >= 0.6 is 11.3 Å². The molecule has 1 aliphatic heterocycles. The molecule has 0 N–H and O–H groups in total. The largest absolute Gasteiger partial charge is 0.497 e. The summed E-state index contributed by atoms with van der Waals surface area (Å²) in [6, 6.07) is 14.5. The van der Waals surface area contributed by atoms with E-state index < -0.39 is 16.1 Å². The maximum absolute atomic E-state index is 13.6. The van der Waals surface area contributed by atoms with Gasteiger partial charge < -0.3 is 4.74 Å². The molecule has 7 nitrogen and oxygen atoms in total. The molecule has 1 amide bonds. The Balaban J connectivity index is 1.74. The van der Waals surface area contributed by atoms with Crippen LogP contribution in [0.15, 0.2) is 48.5 Å². The first-order valence-corrected chi connectivity index (χ1v) is 12.3. The molecule has 9 heteroatoms. The van der Waals surface area contributed by atoms with E-state index in [0.29, 0.717) is 31.1 Å². The van der Waals surface area contributed by atoms with Gasteiger partial charge in [-0.2, -0.15) is 4.31 Å². The highest BCUT2D eigenvalue weighted by Crippen LogP contribution is 2.34. The van der Waals surface area contributed by atoms with Crippen molar-refractivity contribution < 1.29 is 17.9 Å². The van der Waals surface area contributed by atoms with E-state index >= 15 is 0 Å². The summed E-state index contributed by atoms with van der Waals surface area (Å²) in [5.41, 5.74) is 1.72. The van der Waals surface area contributed by atoms with E-state index in [1.54, 1.807) is 12.0 Å². The summed E-state index contributed by atoms with van der Waals surface area (Å²) in [6.07, 6.45) is 2.33. The first kappa shape index (κ1) is 20.8. The lowest BCUT2D eigenvalue weighted by molar-refractivity contribution is -0.121. The Morgan fingerprint density at radius 3 is 2.73 bits per heavy atom. The number of fused-ring (bicyclic) bond motifs is 1. The van der Waals surface area contributed by atoms with Crippen LogP contribution in [0.1, 0.15) is 18.4 Å². The average molecular weight is 446 g/mol. The number of aromatic nitrogens is 1. The van der Waals surface area contributed by atoms with E-state index in [1.807, 2.05) is 48.5 Å². The summed E-state index contributed by atoms with van der Waals surface area (Å²) < 4.78 is 31.9. The Labute approximate surface area is 179 Å². The standard InChI is InChI=1S/C21H23N3O4S2/c1-28-16-10-11-17-19(13-16)29-21(22-17)23(14-15-7-4-3-5-8-15)20(25)18-9-6-12-24(18)30(2,26)27/h3-5,7-8,10-11,13,18H,6,9,12,14H2,1-2H3. The molecule has 0 bridgehead atoms. The van der Waals surface area contributed by atoms with Gasteiger partial charge in [0, 0.05) is 6.54 Å². The van der Waals surface area contributed by atoms with E-state index in [4.69, 9.17) is 4.74 Å². The zero-order valence-electron chi connectivity index (χ0n) is 16.8. The Bertz CT molecular complexity index is 1160. The van der Waals surface area contributed by atoms with Gasteiger partial charge in [-0.05, 0) is 36.6 Å². The molecule has 1 fully saturated rings. The summed E-state index contributed by atoms with van der Waals surface area (Å²) in [5.74, 6) is 0.477. The zero-order chi connectivity index (χ0) is 21.3. The molecule has 3 aromatic rings. The molecule has 1 unspecified atom stereocenters.